The van der Waals surface area contributed by atoms with E-state index in [9.17, 15) is 13.2 Å². The Hall–Kier alpha value is -1.48. The van der Waals surface area contributed by atoms with E-state index in [0.717, 1.165) is 35.5 Å². The van der Waals surface area contributed by atoms with Crippen LogP contribution in [-0.2, 0) is 31.0 Å². The maximum atomic E-state index is 12.8. The number of piperidine rings is 1. The molecule has 7 nitrogen and oxygen atoms in total. The summed E-state index contributed by atoms with van der Waals surface area (Å²) in [5.74, 6) is -0.308. The standard InChI is InChI=1S/C17H26N2O5S/c1-14-7-8-16(25(21,22)19-9-5-4-6-10-19)11-15(14)12-24-13-17(20)18(2)23-3/h7-8,11H,4-6,9-10,12-13H2,1-3H3. The smallest absolute Gasteiger partial charge is 0.271 e. The highest BCUT2D eigenvalue weighted by Crippen LogP contribution is 2.23. The van der Waals surface area contributed by atoms with Crippen molar-refractivity contribution < 1.29 is 22.8 Å². The van der Waals surface area contributed by atoms with Crippen molar-refractivity contribution in [1.29, 1.82) is 0 Å². The van der Waals surface area contributed by atoms with Crippen molar-refractivity contribution >= 4 is 15.9 Å². The molecule has 1 aromatic rings. The van der Waals surface area contributed by atoms with E-state index in [-0.39, 0.29) is 24.0 Å². The van der Waals surface area contributed by atoms with Crippen LogP contribution in [0.25, 0.3) is 0 Å². The maximum absolute atomic E-state index is 12.8. The molecule has 0 aromatic heterocycles. The Kier molecular flexibility index (Phi) is 6.95. The Morgan fingerprint density at radius 3 is 2.56 bits per heavy atom. The Morgan fingerprint density at radius 1 is 1.24 bits per heavy atom. The van der Waals surface area contributed by atoms with Gasteiger partial charge in [0.05, 0.1) is 18.6 Å². The minimum absolute atomic E-state index is 0.132. The summed E-state index contributed by atoms with van der Waals surface area (Å²) in [5.41, 5.74) is 1.68. The lowest BCUT2D eigenvalue weighted by Crippen LogP contribution is -2.35. The van der Waals surface area contributed by atoms with Gasteiger partial charge in [-0.1, -0.05) is 12.5 Å². The van der Waals surface area contributed by atoms with E-state index < -0.39 is 10.0 Å². The van der Waals surface area contributed by atoms with Crippen molar-refractivity contribution in [3.8, 4) is 0 Å². The molecule has 1 amide bonds. The predicted molar refractivity (Wildman–Crippen MR) is 93.2 cm³/mol. The van der Waals surface area contributed by atoms with E-state index in [1.165, 1.54) is 14.2 Å². The highest BCUT2D eigenvalue weighted by Gasteiger charge is 2.26. The molecular formula is C17H26N2O5S. The van der Waals surface area contributed by atoms with Crippen LogP contribution < -0.4 is 0 Å². The van der Waals surface area contributed by atoms with Gasteiger partial charge in [-0.2, -0.15) is 4.31 Å². The highest BCUT2D eigenvalue weighted by atomic mass is 32.2. The molecule has 1 heterocycles. The number of amides is 1. The first-order valence-electron chi connectivity index (χ1n) is 8.34. The van der Waals surface area contributed by atoms with Gasteiger partial charge in [-0.3, -0.25) is 9.63 Å². The molecule has 1 aliphatic rings. The first-order chi connectivity index (χ1) is 11.9. The minimum atomic E-state index is -3.48. The first kappa shape index (κ1) is 19.8. The fourth-order valence-corrected chi connectivity index (χ4v) is 4.23. The van der Waals surface area contributed by atoms with Gasteiger partial charge in [0.1, 0.15) is 6.61 Å². The van der Waals surface area contributed by atoms with Crippen LogP contribution in [0, 0.1) is 6.92 Å². The second-order valence-corrected chi connectivity index (χ2v) is 8.06. The number of hydrogen-bond donors (Lipinski definition) is 0. The largest absolute Gasteiger partial charge is 0.367 e. The molecule has 0 spiro atoms. The third kappa shape index (κ3) is 5.01. The lowest BCUT2D eigenvalue weighted by molar-refractivity contribution is -0.173. The number of likely N-dealkylation sites (N-methyl/N-ethyl adjacent to an activating group) is 1. The lowest BCUT2D eigenvalue weighted by Gasteiger charge is -2.26. The van der Waals surface area contributed by atoms with Gasteiger partial charge in [-0.25, -0.2) is 13.5 Å². The summed E-state index contributed by atoms with van der Waals surface area (Å²) in [7, 11) is -0.575. The molecule has 1 saturated heterocycles. The van der Waals surface area contributed by atoms with E-state index in [2.05, 4.69) is 0 Å². The molecule has 1 aliphatic heterocycles. The van der Waals surface area contributed by atoms with Crippen LogP contribution in [0.5, 0.6) is 0 Å². The van der Waals surface area contributed by atoms with Crippen molar-refractivity contribution in [2.24, 2.45) is 0 Å². The fourth-order valence-electron chi connectivity index (χ4n) is 2.66. The van der Waals surface area contributed by atoms with E-state index >= 15 is 0 Å². The maximum Gasteiger partial charge on any atom is 0.271 e. The number of hydrogen-bond acceptors (Lipinski definition) is 5. The first-order valence-corrected chi connectivity index (χ1v) is 9.78. The van der Waals surface area contributed by atoms with Gasteiger partial charge in [0.15, 0.2) is 0 Å². The quantitative estimate of drug-likeness (QED) is 0.683. The van der Waals surface area contributed by atoms with Crippen molar-refractivity contribution in [2.45, 2.75) is 37.7 Å². The monoisotopic (exact) mass is 370 g/mol. The van der Waals surface area contributed by atoms with Gasteiger partial charge < -0.3 is 4.74 Å². The molecular weight excluding hydrogens is 344 g/mol. The molecule has 8 heteroatoms. The summed E-state index contributed by atoms with van der Waals surface area (Å²) >= 11 is 0. The zero-order chi connectivity index (χ0) is 18.4. The second-order valence-electron chi connectivity index (χ2n) is 6.12. The van der Waals surface area contributed by atoms with Gasteiger partial charge in [0.25, 0.3) is 5.91 Å². The zero-order valence-corrected chi connectivity index (χ0v) is 15.8. The highest BCUT2D eigenvalue weighted by molar-refractivity contribution is 7.89. The van der Waals surface area contributed by atoms with E-state index in [1.807, 2.05) is 6.92 Å². The van der Waals surface area contributed by atoms with Crippen LogP contribution in [0.4, 0.5) is 0 Å². The number of ether oxygens (including phenoxy) is 1. The minimum Gasteiger partial charge on any atom is -0.367 e. The lowest BCUT2D eigenvalue weighted by atomic mass is 10.1. The molecule has 2 rings (SSSR count). The number of carbonyl (C=O) groups excluding carboxylic acids is 1. The zero-order valence-electron chi connectivity index (χ0n) is 15.0. The van der Waals surface area contributed by atoms with Crippen molar-refractivity contribution in [1.82, 2.24) is 9.37 Å². The molecule has 140 valence electrons. The Balaban J connectivity index is 2.08. The van der Waals surface area contributed by atoms with Gasteiger partial charge in [0.2, 0.25) is 10.0 Å². The van der Waals surface area contributed by atoms with Gasteiger partial charge in [-0.15, -0.1) is 0 Å². The number of benzene rings is 1. The average molecular weight is 370 g/mol. The van der Waals surface area contributed by atoms with Crippen LogP contribution in [0.15, 0.2) is 23.1 Å². The van der Waals surface area contributed by atoms with Gasteiger partial charge in [0, 0.05) is 20.1 Å². The summed E-state index contributed by atoms with van der Waals surface area (Å²) in [5, 5.41) is 1.09. The normalized spacial score (nSPS) is 16.0. The van der Waals surface area contributed by atoms with Crippen LogP contribution in [-0.4, -0.2) is 57.5 Å². The van der Waals surface area contributed by atoms with E-state index in [1.54, 1.807) is 22.5 Å². The van der Waals surface area contributed by atoms with Gasteiger partial charge >= 0.3 is 0 Å². The number of carbonyl (C=O) groups is 1. The Labute approximate surface area is 149 Å². The van der Waals surface area contributed by atoms with Crippen LogP contribution in [0.1, 0.15) is 30.4 Å². The molecule has 0 N–H and O–H groups in total. The third-order valence-electron chi connectivity index (χ3n) is 4.38. The summed E-state index contributed by atoms with van der Waals surface area (Å²) in [6.45, 7) is 3.06. The number of hydroxylamine groups is 2. The molecule has 0 radical (unpaired) electrons. The molecule has 0 atom stereocenters. The fraction of sp³-hybridized carbons (Fsp3) is 0.588. The number of sulfonamides is 1. The Bertz CT molecular complexity index is 699. The topological polar surface area (TPSA) is 76.1 Å². The summed E-state index contributed by atoms with van der Waals surface area (Å²) in [4.78, 5) is 16.7. The SMILES string of the molecule is CON(C)C(=O)COCc1cc(S(=O)(=O)N2CCCCC2)ccc1C. The van der Waals surface area contributed by atoms with Crippen molar-refractivity contribution in [3.63, 3.8) is 0 Å². The second kappa shape index (κ2) is 8.75. The third-order valence-corrected chi connectivity index (χ3v) is 6.28. The van der Waals surface area contributed by atoms with Crippen LogP contribution in [0.2, 0.25) is 0 Å². The molecule has 0 aliphatic carbocycles. The van der Waals surface area contributed by atoms with E-state index in [4.69, 9.17) is 9.57 Å². The molecule has 1 fully saturated rings. The molecule has 0 saturated carbocycles. The summed E-state index contributed by atoms with van der Waals surface area (Å²) in [6.07, 6.45) is 2.87. The molecule has 0 unspecified atom stereocenters. The van der Waals surface area contributed by atoms with Crippen LogP contribution >= 0.6 is 0 Å². The van der Waals surface area contributed by atoms with E-state index in [0.29, 0.717) is 13.1 Å². The summed E-state index contributed by atoms with van der Waals surface area (Å²) in [6, 6.07) is 5.05. The predicted octanol–water partition coefficient (Wildman–Crippen LogP) is 1.71. The molecule has 25 heavy (non-hydrogen) atoms. The summed E-state index contributed by atoms with van der Waals surface area (Å²) < 4.78 is 32.5. The average Bonchev–Trinajstić information content (AvgIpc) is 2.63. The molecule has 1 aromatic carbocycles. The number of aryl methyl sites for hydroxylation is 1. The molecule has 0 bridgehead atoms. The Morgan fingerprint density at radius 2 is 1.92 bits per heavy atom. The van der Waals surface area contributed by atoms with Crippen LogP contribution in [0.3, 0.4) is 0 Å². The number of nitrogens with zero attached hydrogens (tertiary/aromatic N) is 2. The van der Waals surface area contributed by atoms with Gasteiger partial charge in [-0.05, 0) is 43.0 Å². The van der Waals surface area contributed by atoms with Crippen molar-refractivity contribution in [3.05, 3.63) is 29.3 Å². The number of rotatable bonds is 7. The van der Waals surface area contributed by atoms with Crippen molar-refractivity contribution in [2.75, 3.05) is 33.9 Å².